The van der Waals surface area contributed by atoms with Crippen LogP contribution in [0.15, 0.2) is 42.5 Å². The van der Waals surface area contributed by atoms with Crippen LogP contribution in [0.2, 0.25) is 0 Å². The number of piperidine rings is 1. The summed E-state index contributed by atoms with van der Waals surface area (Å²) in [6, 6.07) is 16.3. The number of carbonyl (C=O) groups is 1. The molecule has 0 aromatic heterocycles. The Morgan fingerprint density at radius 1 is 1.03 bits per heavy atom. The first kappa shape index (κ1) is 24.5. The second-order valence-electron chi connectivity index (χ2n) is 10.9. The third-order valence-corrected chi connectivity index (χ3v) is 8.34. The highest BCUT2D eigenvalue weighted by Gasteiger charge is 2.32. The number of hydrogen-bond donors (Lipinski definition) is 1. The van der Waals surface area contributed by atoms with Crippen LogP contribution in [0.5, 0.6) is 0 Å². The van der Waals surface area contributed by atoms with Gasteiger partial charge in [-0.15, -0.1) is 0 Å². The van der Waals surface area contributed by atoms with E-state index in [0.717, 1.165) is 44.8 Å². The first-order valence-corrected chi connectivity index (χ1v) is 13.7. The van der Waals surface area contributed by atoms with Gasteiger partial charge in [-0.25, -0.2) is 0 Å². The van der Waals surface area contributed by atoms with E-state index in [4.69, 9.17) is 0 Å². The van der Waals surface area contributed by atoms with Crippen LogP contribution in [0.25, 0.3) is 0 Å². The van der Waals surface area contributed by atoms with Gasteiger partial charge in [-0.05, 0) is 80.2 Å². The van der Waals surface area contributed by atoms with Crippen molar-refractivity contribution in [2.75, 3.05) is 44.7 Å². The number of nitrogens with one attached hydrogen (secondary N) is 1. The van der Waals surface area contributed by atoms with Gasteiger partial charge in [0, 0.05) is 56.8 Å². The van der Waals surface area contributed by atoms with Crippen LogP contribution in [0.4, 0.5) is 5.69 Å². The second-order valence-corrected chi connectivity index (χ2v) is 10.9. The van der Waals surface area contributed by atoms with Gasteiger partial charge in [0.05, 0.1) is 0 Å². The highest BCUT2D eigenvalue weighted by atomic mass is 16.2. The standard InChI is InChI=1S/C30H42N4O/c1-3-14-33-16-13-25-17-28(12-11-26(25)21-33)34-22-27(18-30(34)35)24-9-7-23(8-10-24)19-31-20-29-6-4-5-15-32(29)2/h7-12,17,27,29,31H,3-6,13-16,18-22H2,1-2H3. The molecule has 3 heterocycles. The van der Waals surface area contributed by atoms with Gasteiger partial charge in [-0.1, -0.05) is 43.7 Å². The van der Waals surface area contributed by atoms with Crippen molar-refractivity contribution >= 4 is 11.6 Å². The molecule has 2 atom stereocenters. The Hall–Kier alpha value is -2.21. The molecule has 0 radical (unpaired) electrons. The van der Waals surface area contributed by atoms with Crippen molar-refractivity contribution in [2.24, 2.45) is 0 Å². The molecule has 2 aromatic rings. The van der Waals surface area contributed by atoms with Crippen LogP contribution in [-0.4, -0.2) is 61.5 Å². The second kappa shape index (κ2) is 11.2. The molecule has 0 bridgehead atoms. The molecular formula is C30H42N4O. The van der Waals surface area contributed by atoms with E-state index in [2.05, 4.69) is 71.6 Å². The van der Waals surface area contributed by atoms with Gasteiger partial charge < -0.3 is 15.1 Å². The minimum Gasteiger partial charge on any atom is -0.312 e. The minimum absolute atomic E-state index is 0.251. The Kier molecular flexibility index (Phi) is 7.86. The number of fused-ring (bicyclic) bond motifs is 1. The van der Waals surface area contributed by atoms with Crippen LogP contribution in [0.1, 0.15) is 67.2 Å². The third-order valence-electron chi connectivity index (χ3n) is 8.34. The summed E-state index contributed by atoms with van der Waals surface area (Å²) >= 11 is 0. The summed E-state index contributed by atoms with van der Waals surface area (Å²) in [5, 5.41) is 3.65. The summed E-state index contributed by atoms with van der Waals surface area (Å²) in [4.78, 5) is 20.0. The van der Waals surface area contributed by atoms with E-state index < -0.39 is 0 Å². The van der Waals surface area contributed by atoms with Crippen LogP contribution < -0.4 is 10.2 Å². The van der Waals surface area contributed by atoms with Crippen molar-refractivity contribution in [3.63, 3.8) is 0 Å². The lowest BCUT2D eigenvalue weighted by Gasteiger charge is -2.32. The van der Waals surface area contributed by atoms with E-state index >= 15 is 0 Å². The normalized spacial score (nSPS) is 23.6. The average molecular weight is 475 g/mol. The van der Waals surface area contributed by atoms with E-state index in [0.29, 0.717) is 12.5 Å². The number of likely N-dealkylation sites (N-methyl/N-ethyl adjacent to an activating group) is 1. The Morgan fingerprint density at radius 2 is 1.89 bits per heavy atom. The van der Waals surface area contributed by atoms with Gasteiger partial charge in [-0.3, -0.25) is 9.69 Å². The molecule has 3 aliphatic heterocycles. The van der Waals surface area contributed by atoms with Crippen molar-refractivity contribution in [3.8, 4) is 0 Å². The lowest BCUT2D eigenvalue weighted by atomic mass is 9.97. The number of amides is 1. The van der Waals surface area contributed by atoms with E-state index in [-0.39, 0.29) is 11.8 Å². The number of likely N-dealkylation sites (tertiary alicyclic amines) is 1. The largest absolute Gasteiger partial charge is 0.312 e. The molecule has 2 fully saturated rings. The van der Waals surface area contributed by atoms with Crippen LogP contribution >= 0.6 is 0 Å². The van der Waals surface area contributed by atoms with Gasteiger partial charge in [0.15, 0.2) is 0 Å². The number of hydrogen-bond acceptors (Lipinski definition) is 4. The topological polar surface area (TPSA) is 38.8 Å². The van der Waals surface area contributed by atoms with E-state index in [1.807, 2.05) is 4.90 Å². The Labute approximate surface area is 211 Å². The molecule has 0 spiro atoms. The molecule has 2 saturated heterocycles. The molecule has 5 rings (SSSR count). The third kappa shape index (κ3) is 5.79. The number of anilines is 1. The van der Waals surface area contributed by atoms with Crippen LogP contribution in [0, 0.1) is 0 Å². The zero-order chi connectivity index (χ0) is 24.2. The Morgan fingerprint density at radius 3 is 2.69 bits per heavy atom. The zero-order valence-corrected chi connectivity index (χ0v) is 21.6. The SMILES string of the molecule is CCCN1CCc2cc(N3CC(c4ccc(CNCC5CCCCN5C)cc4)CC3=O)ccc2C1. The number of benzene rings is 2. The summed E-state index contributed by atoms with van der Waals surface area (Å²) in [7, 11) is 2.25. The van der Waals surface area contributed by atoms with Crippen molar-refractivity contribution in [1.29, 1.82) is 0 Å². The van der Waals surface area contributed by atoms with Crippen molar-refractivity contribution in [2.45, 2.75) is 70.5 Å². The smallest absolute Gasteiger partial charge is 0.227 e. The summed E-state index contributed by atoms with van der Waals surface area (Å²) < 4.78 is 0. The van der Waals surface area contributed by atoms with Crippen molar-refractivity contribution in [3.05, 3.63) is 64.7 Å². The molecule has 5 nitrogen and oxygen atoms in total. The van der Waals surface area contributed by atoms with Gasteiger partial charge in [0.2, 0.25) is 5.91 Å². The molecule has 2 unspecified atom stereocenters. The zero-order valence-electron chi connectivity index (χ0n) is 21.6. The predicted molar refractivity (Wildman–Crippen MR) is 144 cm³/mol. The van der Waals surface area contributed by atoms with Crippen molar-refractivity contribution in [1.82, 2.24) is 15.1 Å². The van der Waals surface area contributed by atoms with Gasteiger partial charge in [-0.2, -0.15) is 0 Å². The van der Waals surface area contributed by atoms with E-state index in [9.17, 15) is 4.79 Å². The van der Waals surface area contributed by atoms with Crippen LogP contribution in [0.3, 0.4) is 0 Å². The summed E-state index contributed by atoms with van der Waals surface area (Å²) in [5.74, 6) is 0.525. The Balaban J connectivity index is 1.16. The molecule has 188 valence electrons. The van der Waals surface area contributed by atoms with Gasteiger partial charge in [0.1, 0.15) is 0 Å². The average Bonchev–Trinajstić information content (AvgIpc) is 3.27. The molecule has 3 aliphatic rings. The Bertz CT molecular complexity index is 1000. The molecule has 0 saturated carbocycles. The molecule has 5 heteroatoms. The maximum atomic E-state index is 13.0. The van der Waals surface area contributed by atoms with Gasteiger partial charge >= 0.3 is 0 Å². The summed E-state index contributed by atoms with van der Waals surface area (Å²) in [6.07, 6.45) is 6.88. The highest BCUT2D eigenvalue weighted by Crippen LogP contribution is 2.33. The lowest BCUT2D eigenvalue weighted by Crippen LogP contribution is -2.42. The van der Waals surface area contributed by atoms with E-state index in [1.54, 1.807) is 0 Å². The fourth-order valence-electron chi connectivity index (χ4n) is 6.15. The molecule has 1 N–H and O–H groups in total. The monoisotopic (exact) mass is 474 g/mol. The maximum absolute atomic E-state index is 13.0. The van der Waals surface area contributed by atoms with Gasteiger partial charge in [0.25, 0.3) is 0 Å². The predicted octanol–water partition coefficient (Wildman–Crippen LogP) is 4.55. The summed E-state index contributed by atoms with van der Waals surface area (Å²) in [6.45, 7) is 9.55. The van der Waals surface area contributed by atoms with E-state index in [1.165, 1.54) is 61.0 Å². The molecule has 0 aliphatic carbocycles. The quantitative estimate of drug-likeness (QED) is 0.609. The molecule has 1 amide bonds. The number of nitrogens with zero attached hydrogens (tertiary/aromatic N) is 3. The van der Waals surface area contributed by atoms with Crippen molar-refractivity contribution < 1.29 is 4.79 Å². The minimum atomic E-state index is 0.251. The lowest BCUT2D eigenvalue weighted by molar-refractivity contribution is -0.117. The fourth-order valence-corrected chi connectivity index (χ4v) is 6.15. The molecule has 2 aromatic carbocycles. The maximum Gasteiger partial charge on any atom is 0.227 e. The highest BCUT2D eigenvalue weighted by molar-refractivity contribution is 5.96. The fraction of sp³-hybridized carbons (Fsp3) is 0.567. The first-order valence-electron chi connectivity index (χ1n) is 13.7. The molecule has 35 heavy (non-hydrogen) atoms. The first-order chi connectivity index (χ1) is 17.1. The molecular weight excluding hydrogens is 432 g/mol. The van der Waals surface area contributed by atoms with Crippen LogP contribution in [-0.2, 0) is 24.3 Å². The number of rotatable bonds is 8. The number of carbonyl (C=O) groups excluding carboxylic acids is 1. The summed E-state index contributed by atoms with van der Waals surface area (Å²) in [5.41, 5.74) is 6.53.